The van der Waals surface area contributed by atoms with Gasteiger partial charge >= 0.3 is 13.7 Å². The molecule has 1 aliphatic rings. The molecule has 1 rings (SSSR count). The van der Waals surface area contributed by atoms with E-state index in [9.17, 15) is 14.2 Å². The third-order valence-electron chi connectivity index (χ3n) is 4.13. The number of azide groups is 1. The highest BCUT2D eigenvalue weighted by Gasteiger charge is 2.36. The number of carboxylic acid groups (broad SMARTS) is 1. The van der Waals surface area contributed by atoms with Crippen LogP contribution in [0.15, 0.2) is 5.11 Å². The van der Waals surface area contributed by atoms with Gasteiger partial charge in [0.1, 0.15) is 6.04 Å². The molecule has 0 spiro atoms. The molecule has 1 saturated heterocycles. The SMILES string of the molecule is CCOP(=O)(C[C@H](NC(=O)O)C(=O)N1CCN(CCCN=[N+]=[N-])CC1)OCC. The zero-order valence-corrected chi connectivity index (χ0v) is 17.2. The number of hydrogen-bond acceptors (Lipinski definition) is 7. The first-order chi connectivity index (χ1) is 13.3. The molecule has 0 bridgehead atoms. The van der Waals surface area contributed by atoms with Crippen LogP contribution >= 0.6 is 7.60 Å². The van der Waals surface area contributed by atoms with Crippen molar-refractivity contribution in [2.24, 2.45) is 5.11 Å². The van der Waals surface area contributed by atoms with Crippen molar-refractivity contribution in [1.82, 2.24) is 15.1 Å². The minimum absolute atomic E-state index is 0.125. The first-order valence-corrected chi connectivity index (χ1v) is 11.0. The molecular formula is C15H29N6O6P. The molecule has 0 unspecified atom stereocenters. The van der Waals surface area contributed by atoms with Crippen LogP contribution in [0.2, 0.25) is 0 Å². The number of amides is 2. The topological polar surface area (TPSA) is 157 Å². The summed E-state index contributed by atoms with van der Waals surface area (Å²) in [6, 6.07) is -1.21. The van der Waals surface area contributed by atoms with Crippen molar-refractivity contribution >= 4 is 19.6 Å². The van der Waals surface area contributed by atoms with Gasteiger partial charge in [-0.3, -0.25) is 14.3 Å². The van der Waals surface area contributed by atoms with Crippen LogP contribution in [0.4, 0.5) is 4.79 Å². The summed E-state index contributed by atoms with van der Waals surface area (Å²) in [5.41, 5.74) is 8.28. The summed E-state index contributed by atoms with van der Waals surface area (Å²) in [6.45, 7) is 6.80. The van der Waals surface area contributed by atoms with Gasteiger partial charge in [-0.25, -0.2) is 4.79 Å². The van der Waals surface area contributed by atoms with Crippen molar-refractivity contribution in [3.05, 3.63) is 10.4 Å². The number of carbonyl (C=O) groups is 2. The van der Waals surface area contributed by atoms with Crippen molar-refractivity contribution in [1.29, 1.82) is 0 Å². The molecule has 13 heteroatoms. The Morgan fingerprint density at radius 3 is 2.36 bits per heavy atom. The standard InChI is InChI=1S/C15H29N6O6P/c1-3-26-28(25,27-4-2)12-13(18-15(23)24)14(22)21-10-8-20(9-11-21)7-5-6-17-19-16/h13,18H,3-12H2,1-2H3,(H,23,24)/t13-/m0/s1. The monoisotopic (exact) mass is 420 g/mol. The number of nitrogens with zero attached hydrogens (tertiary/aromatic N) is 5. The highest BCUT2D eigenvalue weighted by Crippen LogP contribution is 2.48. The van der Waals surface area contributed by atoms with Gasteiger partial charge in [-0.05, 0) is 32.3 Å². The molecular weight excluding hydrogens is 391 g/mol. The average Bonchev–Trinajstić information content (AvgIpc) is 2.64. The smallest absolute Gasteiger partial charge is 0.405 e. The Morgan fingerprint density at radius 2 is 1.86 bits per heavy atom. The van der Waals surface area contributed by atoms with Gasteiger partial charge in [-0.15, -0.1) is 0 Å². The molecule has 1 heterocycles. The molecule has 0 aromatic carbocycles. The second kappa shape index (κ2) is 12.6. The Balaban J connectivity index is 2.68. The highest BCUT2D eigenvalue weighted by molar-refractivity contribution is 7.54. The van der Waals surface area contributed by atoms with E-state index in [-0.39, 0.29) is 19.4 Å². The van der Waals surface area contributed by atoms with E-state index in [2.05, 4.69) is 20.2 Å². The lowest BCUT2D eigenvalue weighted by atomic mass is 10.2. The number of rotatable bonds is 12. The van der Waals surface area contributed by atoms with Crippen molar-refractivity contribution in [3.8, 4) is 0 Å². The molecule has 0 aromatic rings. The summed E-state index contributed by atoms with van der Waals surface area (Å²) in [6.07, 6.45) is -1.01. The molecule has 160 valence electrons. The summed E-state index contributed by atoms with van der Waals surface area (Å²) < 4.78 is 23.1. The molecule has 28 heavy (non-hydrogen) atoms. The number of piperazine rings is 1. The van der Waals surface area contributed by atoms with E-state index in [1.54, 1.807) is 18.7 Å². The zero-order chi connectivity index (χ0) is 21.0. The Morgan fingerprint density at radius 1 is 1.25 bits per heavy atom. The maximum Gasteiger partial charge on any atom is 0.405 e. The van der Waals surface area contributed by atoms with Crippen LogP contribution in [0.3, 0.4) is 0 Å². The van der Waals surface area contributed by atoms with Crippen molar-refractivity contribution in [2.75, 3.05) is 58.6 Å². The van der Waals surface area contributed by atoms with Crippen LogP contribution in [0.1, 0.15) is 20.3 Å². The predicted octanol–water partition coefficient (Wildman–Crippen LogP) is 1.73. The maximum atomic E-state index is 12.8. The Labute approximate surface area is 164 Å². The van der Waals surface area contributed by atoms with Gasteiger partial charge in [0.15, 0.2) is 0 Å². The summed E-state index contributed by atoms with van der Waals surface area (Å²) in [4.78, 5) is 30.3. The van der Waals surface area contributed by atoms with Gasteiger partial charge in [0.2, 0.25) is 5.91 Å². The summed E-state index contributed by atoms with van der Waals surface area (Å²) in [7, 11) is -3.59. The second-order valence-corrected chi connectivity index (χ2v) is 8.21. The fourth-order valence-electron chi connectivity index (χ4n) is 2.92. The lowest BCUT2D eigenvalue weighted by Crippen LogP contribution is -2.56. The van der Waals surface area contributed by atoms with E-state index in [1.165, 1.54) is 0 Å². The molecule has 0 aromatic heterocycles. The van der Waals surface area contributed by atoms with Crippen molar-refractivity contribution in [3.63, 3.8) is 0 Å². The zero-order valence-electron chi connectivity index (χ0n) is 16.3. The molecule has 2 N–H and O–H groups in total. The van der Waals surface area contributed by atoms with E-state index in [4.69, 9.17) is 19.7 Å². The fraction of sp³-hybridized carbons (Fsp3) is 0.867. The second-order valence-electron chi connectivity index (χ2n) is 6.11. The van der Waals surface area contributed by atoms with Gasteiger partial charge in [-0.2, -0.15) is 0 Å². The maximum absolute atomic E-state index is 12.8. The fourth-order valence-corrected chi connectivity index (χ4v) is 4.68. The minimum Gasteiger partial charge on any atom is -0.465 e. The quantitative estimate of drug-likeness (QED) is 0.160. The molecule has 1 fully saturated rings. The lowest BCUT2D eigenvalue weighted by molar-refractivity contribution is -0.134. The van der Waals surface area contributed by atoms with Crippen LogP contribution in [-0.2, 0) is 18.4 Å². The normalized spacial score (nSPS) is 16.3. The Bertz CT molecular complexity index is 596. The van der Waals surface area contributed by atoms with E-state index < -0.39 is 25.6 Å². The van der Waals surface area contributed by atoms with E-state index in [0.717, 1.165) is 13.0 Å². The van der Waals surface area contributed by atoms with Gasteiger partial charge < -0.3 is 24.4 Å². The van der Waals surface area contributed by atoms with Gasteiger partial charge in [-0.1, -0.05) is 5.11 Å². The molecule has 0 saturated carbocycles. The van der Waals surface area contributed by atoms with Crippen LogP contribution < -0.4 is 5.32 Å². The van der Waals surface area contributed by atoms with E-state index in [1.807, 2.05) is 0 Å². The number of hydrogen-bond donors (Lipinski definition) is 2. The Hall–Kier alpha value is -1.84. The summed E-state index contributed by atoms with van der Waals surface area (Å²) in [5.74, 6) is -0.448. The molecule has 0 aliphatic carbocycles. The molecule has 2 amide bonds. The van der Waals surface area contributed by atoms with Crippen molar-refractivity contribution < 1.29 is 28.3 Å². The predicted molar refractivity (Wildman–Crippen MR) is 102 cm³/mol. The molecule has 1 aliphatic heterocycles. The average molecular weight is 420 g/mol. The Kier molecular flexibility index (Phi) is 10.9. The van der Waals surface area contributed by atoms with Crippen LogP contribution in [0.5, 0.6) is 0 Å². The van der Waals surface area contributed by atoms with E-state index >= 15 is 0 Å². The van der Waals surface area contributed by atoms with Crippen LogP contribution in [0.25, 0.3) is 10.4 Å². The summed E-state index contributed by atoms with van der Waals surface area (Å²) >= 11 is 0. The van der Waals surface area contributed by atoms with Gasteiger partial charge in [0.25, 0.3) is 0 Å². The van der Waals surface area contributed by atoms with Crippen LogP contribution in [-0.4, -0.2) is 91.6 Å². The lowest BCUT2D eigenvalue weighted by Gasteiger charge is -2.36. The van der Waals surface area contributed by atoms with Crippen molar-refractivity contribution in [2.45, 2.75) is 26.3 Å². The van der Waals surface area contributed by atoms with Gasteiger partial charge in [0.05, 0.1) is 19.4 Å². The third kappa shape index (κ3) is 8.45. The number of nitrogens with one attached hydrogen (secondary N) is 1. The van der Waals surface area contributed by atoms with Crippen LogP contribution in [0, 0.1) is 0 Å². The molecule has 12 nitrogen and oxygen atoms in total. The first-order valence-electron chi connectivity index (χ1n) is 9.24. The number of carbonyl (C=O) groups excluding carboxylic acids is 1. The summed E-state index contributed by atoms with van der Waals surface area (Å²) in [5, 5.41) is 14.7. The van der Waals surface area contributed by atoms with Gasteiger partial charge in [0, 0.05) is 37.6 Å². The highest BCUT2D eigenvalue weighted by atomic mass is 31.2. The minimum atomic E-state index is -3.59. The van der Waals surface area contributed by atoms with E-state index in [0.29, 0.717) is 32.7 Å². The first kappa shape index (κ1) is 24.2. The largest absolute Gasteiger partial charge is 0.465 e. The molecule has 0 radical (unpaired) electrons. The molecule has 1 atom stereocenters. The third-order valence-corrected chi connectivity index (χ3v) is 6.25.